The highest BCUT2D eigenvalue weighted by Crippen LogP contribution is 2.27. The smallest absolute Gasteiger partial charge is 0.194 e. The number of para-hydroxylation sites is 2. The van der Waals surface area contributed by atoms with Crippen molar-refractivity contribution in [2.45, 2.75) is 13.5 Å². The zero-order valence-corrected chi connectivity index (χ0v) is 18.1. The van der Waals surface area contributed by atoms with E-state index in [1.54, 1.807) is 12.1 Å². The number of hydrogen-bond acceptors (Lipinski definition) is 4. The molecule has 6 nitrogen and oxygen atoms in total. The number of guanidine groups is 1. The number of halogens is 2. The predicted molar refractivity (Wildman–Crippen MR) is 120 cm³/mol. The summed E-state index contributed by atoms with van der Waals surface area (Å²) in [6.07, 6.45) is 0. The SMILES string of the molecule is CCNC(=NCc1ccc(O)c(F)c1)N1CCN(c2ccccc2O)CC1.I. The van der Waals surface area contributed by atoms with Gasteiger partial charge in [0.05, 0.1) is 12.2 Å². The maximum absolute atomic E-state index is 13.5. The summed E-state index contributed by atoms with van der Waals surface area (Å²) in [5.41, 5.74) is 1.55. The first-order chi connectivity index (χ1) is 13.1. The number of hydrogen-bond donors (Lipinski definition) is 3. The summed E-state index contributed by atoms with van der Waals surface area (Å²) in [4.78, 5) is 8.93. The molecule has 0 radical (unpaired) electrons. The van der Waals surface area contributed by atoms with Gasteiger partial charge in [-0.1, -0.05) is 18.2 Å². The third kappa shape index (κ3) is 5.40. The van der Waals surface area contributed by atoms with Crippen LogP contribution in [0.25, 0.3) is 0 Å². The van der Waals surface area contributed by atoms with Crippen molar-refractivity contribution in [3.8, 4) is 11.5 Å². The number of rotatable bonds is 4. The van der Waals surface area contributed by atoms with Gasteiger partial charge in [-0.3, -0.25) is 0 Å². The molecule has 8 heteroatoms. The van der Waals surface area contributed by atoms with Gasteiger partial charge in [0, 0.05) is 32.7 Å². The van der Waals surface area contributed by atoms with Gasteiger partial charge in [-0.2, -0.15) is 0 Å². The van der Waals surface area contributed by atoms with E-state index >= 15 is 0 Å². The first-order valence-corrected chi connectivity index (χ1v) is 9.12. The monoisotopic (exact) mass is 500 g/mol. The van der Waals surface area contributed by atoms with E-state index < -0.39 is 5.82 Å². The normalized spacial score (nSPS) is 14.6. The fourth-order valence-electron chi connectivity index (χ4n) is 3.13. The molecule has 0 atom stereocenters. The van der Waals surface area contributed by atoms with E-state index in [1.807, 2.05) is 25.1 Å². The number of phenols is 2. The number of anilines is 1. The third-order valence-electron chi connectivity index (χ3n) is 4.56. The summed E-state index contributed by atoms with van der Waals surface area (Å²) in [6, 6.07) is 11.7. The first kappa shape index (κ1) is 22.1. The van der Waals surface area contributed by atoms with Gasteiger partial charge in [0.1, 0.15) is 5.75 Å². The molecular formula is C20H26FIN4O2. The number of aromatic hydroxyl groups is 2. The van der Waals surface area contributed by atoms with Crippen molar-refractivity contribution in [1.29, 1.82) is 0 Å². The Labute approximate surface area is 181 Å². The Bertz CT molecular complexity index is 811. The maximum Gasteiger partial charge on any atom is 0.194 e. The van der Waals surface area contributed by atoms with Crippen molar-refractivity contribution in [2.24, 2.45) is 4.99 Å². The summed E-state index contributed by atoms with van der Waals surface area (Å²) in [5.74, 6) is 0.0858. The molecule has 3 rings (SSSR count). The van der Waals surface area contributed by atoms with E-state index in [0.29, 0.717) is 17.9 Å². The lowest BCUT2D eigenvalue weighted by Gasteiger charge is -2.37. The average Bonchev–Trinajstić information content (AvgIpc) is 2.68. The first-order valence-electron chi connectivity index (χ1n) is 9.12. The third-order valence-corrected chi connectivity index (χ3v) is 4.56. The summed E-state index contributed by atoms with van der Waals surface area (Å²) in [6.45, 7) is 6.16. The van der Waals surface area contributed by atoms with Gasteiger partial charge >= 0.3 is 0 Å². The van der Waals surface area contributed by atoms with E-state index in [4.69, 9.17) is 0 Å². The lowest BCUT2D eigenvalue weighted by Crippen LogP contribution is -2.52. The molecule has 1 fully saturated rings. The second-order valence-corrected chi connectivity index (χ2v) is 6.42. The van der Waals surface area contributed by atoms with Crippen LogP contribution in [0.1, 0.15) is 12.5 Å². The summed E-state index contributed by atoms with van der Waals surface area (Å²) in [5, 5.41) is 22.6. The van der Waals surface area contributed by atoms with Crippen LogP contribution in [0.2, 0.25) is 0 Å². The van der Waals surface area contributed by atoms with E-state index in [9.17, 15) is 14.6 Å². The van der Waals surface area contributed by atoms with Gasteiger partial charge in [0.25, 0.3) is 0 Å². The molecule has 152 valence electrons. The lowest BCUT2D eigenvalue weighted by molar-refractivity contribution is 0.369. The van der Waals surface area contributed by atoms with E-state index in [1.165, 1.54) is 12.1 Å². The van der Waals surface area contributed by atoms with Crippen LogP contribution < -0.4 is 10.2 Å². The Morgan fingerprint density at radius 3 is 2.43 bits per heavy atom. The summed E-state index contributed by atoms with van der Waals surface area (Å²) in [7, 11) is 0. The van der Waals surface area contributed by atoms with Crippen LogP contribution >= 0.6 is 24.0 Å². The zero-order chi connectivity index (χ0) is 19.2. The molecular weight excluding hydrogens is 474 g/mol. The van der Waals surface area contributed by atoms with Crippen LogP contribution in [-0.2, 0) is 6.54 Å². The van der Waals surface area contributed by atoms with Crippen LogP contribution in [0.15, 0.2) is 47.5 Å². The highest BCUT2D eigenvalue weighted by atomic mass is 127. The number of nitrogens with one attached hydrogen (secondary N) is 1. The fourth-order valence-corrected chi connectivity index (χ4v) is 3.13. The number of phenolic OH excluding ortho intramolecular Hbond substituents is 2. The molecule has 1 aliphatic heterocycles. The molecule has 1 aliphatic rings. The Kier molecular flexibility index (Phi) is 8.16. The van der Waals surface area contributed by atoms with Crippen LogP contribution in [0.4, 0.5) is 10.1 Å². The lowest BCUT2D eigenvalue weighted by atomic mass is 10.2. The number of piperazine rings is 1. The van der Waals surface area contributed by atoms with Gasteiger partial charge in [-0.05, 0) is 36.8 Å². The van der Waals surface area contributed by atoms with Crippen molar-refractivity contribution < 1.29 is 14.6 Å². The average molecular weight is 500 g/mol. The molecule has 0 amide bonds. The largest absolute Gasteiger partial charge is 0.506 e. The van der Waals surface area contributed by atoms with Gasteiger partial charge in [-0.15, -0.1) is 24.0 Å². The summed E-state index contributed by atoms with van der Waals surface area (Å²) >= 11 is 0. The van der Waals surface area contributed by atoms with Gasteiger partial charge < -0.3 is 25.3 Å². The Balaban J connectivity index is 0.00000280. The highest BCUT2D eigenvalue weighted by molar-refractivity contribution is 14.0. The number of aliphatic imine (C=N–C) groups is 1. The summed E-state index contributed by atoms with van der Waals surface area (Å²) < 4.78 is 13.5. The molecule has 0 saturated carbocycles. The van der Waals surface area contributed by atoms with E-state index in [0.717, 1.165) is 44.4 Å². The molecule has 0 unspecified atom stereocenters. The number of nitrogens with zero attached hydrogens (tertiary/aromatic N) is 3. The molecule has 2 aromatic rings. The number of benzene rings is 2. The minimum absolute atomic E-state index is 0. The molecule has 0 bridgehead atoms. The Morgan fingerprint density at radius 2 is 1.79 bits per heavy atom. The van der Waals surface area contributed by atoms with Crippen molar-refractivity contribution in [3.05, 3.63) is 53.8 Å². The van der Waals surface area contributed by atoms with Crippen LogP contribution in [-0.4, -0.2) is 53.8 Å². The van der Waals surface area contributed by atoms with Gasteiger partial charge in [0.15, 0.2) is 17.5 Å². The van der Waals surface area contributed by atoms with Crippen LogP contribution in [0.5, 0.6) is 11.5 Å². The predicted octanol–water partition coefficient (Wildman–Crippen LogP) is 3.14. The minimum atomic E-state index is -0.635. The topological polar surface area (TPSA) is 71.3 Å². The van der Waals surface area contributed by atoms with Crippen LogP contribution in [0.3, 0.4) is 0 Å². The van der Waals surface area contributed by atoms with Crippen molar-refractivity contribution in [3.63, 3.8) is 0 Å². The molecule has 28 heavy (non-hydrogen) atoms. The molecule has 1 heterocycles. The Morgan fingerprint density at radius 1 is 1.07 bits per heavy atom. The van der Waals surface area contributed by atoms with Crippen molar-refractivity contribution in [2.75, 3.05) is 37.6 Å². The standard InChI is InChI=1S/C20H25FN4O2.HI/c1-2-22-20(23-14-15-7-8-18(26)16(21)13-15)25-11-9-24(10-12-25)17-5-3-4-6-19(17)27;/h3-8,13,26-27H,2,9-12,14H2,1H3,(H,22,23);1H. The zero-order valence-electron chi connectivity index (χ0n) is 15.8. The van der Waals surface area contributed by atoms with Gasteiger partial charge in [0.2, 0.25) is 0 Å². The highest BCUT2D eigenvalue weighted by Gasteiger charge is 2.21. The van der Waals surface area contributed by atoms with Gasteiger partial charge in [-0.25, -0.2) is 9.38 Å². The molecule has 1 saturated heterocycles. The minimum Gasteiger partial charge on any atom is -0.506 e. The van der Waals surface area contributed by atoms with Crippen molar-refractivity contribution >= 4 is 35.6 Å². The van der Waals surface area contributed by atoms with Crippen molar-refractivity contribution in [1.82, 2.24) is 10.2 Å². The fraction of sp³-hybridized carbons (Fsp3) is 0.350. The van der Waals surface area contributed by atoms with Crippen LogP contribution in [0, 0.1) is 5.82 Å². The molecule has 2 aromatic carbocycles. The maximum atomic E-state index is 13.5. The molecule has 0 aliphatic carbocycles. The second-order valence-electron chi connectivity index (χ2n) is 6.42. The molecule has 3 N–H and O–H groups in total. The molecule has 0 aromatic heterocycles. The van der Waals surface area contributed by atoms with E-state index in [2.05, 4.69) is 20.1 Å². The second kappa shape index (κ2) is 10.4. The van der Waals surface area contributed by atoms with E-state index in [-0.39, 0.29) is 29.7 Å². The molecule has 0 spiro atoms. The quantitative estimate of drug-likeness (QED) is 0.342. The Hall–Kier alpha value is -2.23.